The van der Waals surface area contributed by atoms with E-state index in [0.29, 0.717) is 0 Å². The molecule has 1 amide bonds. The molecule has 2 rings (SSSR count). The van der Waals surface area contributed by atoms with Crippen LogP contribution >= 0.6 is 0 Å². The Balaban J connectivity index is 1.79. The van der Waals surface area contributed by atoms with Crippen LogP contribution in [0.3, 0.4) is 0 Å². The van der Waals surface area contributed by atoms with Crippen LogP contribution in [0.25, 0.3) is 0 Å². The number of hydrogen-bond donors (Lipinski definition) is 1. The van der Waals surface area contributed by atoms with E-state index < -0.39 is 5.60 Å². The first kappa shape index (κ1) is 14.6. The molecule has 0 atom stereocenters. The highest BCUT2D eigenvalue weighted by atomic mass is 16.6. The Morgan fingerprint density at radius 1 is 1.30 bits per heavy atom. The molecule has 20 heavy (non-hydrogen) atoms. The molecule has 1 saturated heterocycles. The van der Waals surface area contributed by atoms with Crippen molar-refractivity contribution in [2.45, 2.75) is 45.3 Å². The predicted octanol–water partition coefficient (Wildman–Crippen LogP) is 2.58. The van der Waals surface area contributed by atoms with Crippen LogP contribution in [-0.2, 0) is 4.74 Å². The van der Waals surface area contributed by atoms with Gasteiger partial charge in [0.15, 0.2) is 0 Å². The van der Waals surface area contributed by atoms with Crippen molar-refractivity contribution in [3.8, 4) is 0 Å². The van der Waals surface area contributed by atoms with E-state index in [9.17, 15) is 4.79 Å². The van der Waals surface area contributed by atoms with Crippen molar-refractivity contribution < 1.29 is 9.53 Å². The fraction of sp³-hybridized carbons (Fsp3) is 0.600. The summed E-state index contributed by atoms with van der Waals surface area (Å²) in [6, 6.07) is 4.23. The van der Waals surface area contributed by atoms with E-state index >= 15 is 0 Å². The zero-order valence-electron chi connectivity index (χ0n) is 12.4. The Morgan fingerprint density at radius 2 is 1.90 bits per heavy atom. The van der Waals surface area contributed by atoms with Crippen LogP contribution in [0.1, 0.15) is 33.6 Å². The third-order valence-electron chi connectivity index (χ3n) is 3.24. The second-order valence-corrected chi connectivity index (χ2v) is 6.11. The lowest BCUT2D eigenvalue weighted by molar-refractivity contribution is 0.0497. The molecule has 1 aromatic rings. The quantitative estimate of drug-likeness (QED) is 0.902. The van der Waals surface area contributed by atoms with E-state index in [2.05, 4.69) is 15.2 Å². The topological polar surface area (TPSA) is 54.5 Å². The van der Waals surface area contributed by atoms with Crippen LogP contribution in [0.2, 0.25) is 0 Å². The number of aromatic nitrogens is 1. The lowest BCUT2D eigenvalue weighted by Gasteiger charge is -2.34. The van der Waals surface area contributed by atoms with Crippen LogP contribution in [0.15, 0.2) is 24.5 Å². The SMILES string of the molecule is CC(C)(C)OC(=O)NC1CCN(c2ccncc2)CC1. The number of nitrogens with zero attached hydrogens (tertiary/aromatic N) is 2. The highest BCUT2D eigenvalue weighted by molar-refractivity contribution is 5.68. The van der Waals surface area contributed by atoms with Crippen molar-refractivity contribution in [1.82, 2.24) is 10.3 Å². The van der Waals surface area contributed by atoms with Crippen LogP contribution in [0, 0.1) is 0 Å². The molecule has 1 aliphatic rings. The molecule has 5 heteroatoms. The number of hydrogen-bond acceptors (Lipinski definition) is 4. The standard InChI is InChI=1S/C15H23N3O2/c1-15(2,3)20-14(19)17-12-6-10-18(11-7-12)13-4-8-16-9-5-13/h4-5,8-9,12H,6-7,10-11H2,1-3H3,(H,17,19). The number of pyridine rings is 1. The van der Waals surface area contributed by atoms with Gasteiger partial charge in [0.2, 0.25) is 0 Å². The van der Waals surface area contributed by atoms with Crippen LogP contribution in [-0.4, -0.2) is 35.8 Å². The Labute approximate surface area is 120 Å². The average Bonchev–Trinajstić information content (AvgIpc) is 2.38. The average molecular weight is 277 g/mol. The molecule has 0 spiro atoms. The molecule has 0 aromatic carbocycles. The molecular weight excluding hydrogens is 254 g/mol. The maximum atomic E-state index is 11.7. The molecule has 1 fully saturated rings. The second-order valence-electron chi connectivity index (χ2n) is 6.11. The molecule has 110 valence electrons. The number of anilines is 1. The van der Waals surface area contributed by atoms with E-state index in [4.69, 9.17) is 4.74 Å². The smallest absolute Gasteiger partial charge is 0.407 e. The Bertz CT molecular complexity index is 434. The van der Waals surface area contributed by atoms with Crippen molar-refractivity contribution in [2.24, 2.45) is 0 Å². The number of ether oxygens (including phenoxy) is 1. The number of rotatable bonds is 2. The van der Waals surface area contributed by atoms with Crippen molar-refractivity contribution in [1.29, 1.82) is 0 Å². The summed E-state index contributed by atoms with van der Waals surface area (Å²) in [5.74, 6) is 0. The number of piperidine rings is 1. The zero-order chi connectivity index (χ0) is 14.6. The van der Waals surface area contributed by atoms with Crippen LogP contribution < -0.4 is 10.2 Å². The summed E-state index contributed by atoms with van der Waals surface area (Å²) in [5, 5.41) is 2.95. The lowest BCUT2D eigenvalue weighted by Crippen LogP contribution is -2.46. The first-order chi connectivity index (χ1) is 9.44. The maximum Gasteiger partial charge on any atom is 0.407 e. The molecular formula is C15H23N3O2. The molecule has 0 unspecified atom stereocenters. The lowest BCUT2D eigenvalue weighted by atomic mass is 10.0. The largest absolute Gasteiger partial charge is 0.444 e. The van der Waals surface area contributed by atoms with Crippen molar-refractivity contribution >= 4 is 11.8 Å². The highest BCUT2D eigenvalue weighted by Crippen LogP contribution is 2.19. The second kappa shape index (κ2) is 6.11. The molecule has 5 nitrogen and oxygen atoms in total. The Morgan fingerprint density at radius 3 is 2.45 bits per heavy atom. The molecule has 1 N–H and O–H groups in total. The van der Waals surface area contributed by atoms with Gasteiger partial charge < -0.3 is 15.0 Å². The Kier molecular flexibility index (Phi) is 4.47. The predicted molar refractivity (Wildman–Crippen MR) is 78.8 cm³/mol. The summed E-state index contributed by atoms with van der Waals surface area (Å²) < 4.78 is 5.28. The molecule has 0 radical (unpaired) electrons. The monoisotopic (exact) mass is 277 g/mol. The van der Waals surface area contributed by atoms with Gasteiger partial charge in [-0.15, -0.1) is 0 Å². The van der Waals surface area contributed by atoms with E-state index in [-0.39, 0.29) is 12.1 Å². The van der Waals surface area contributed by atoms with Gasteiger partial charge in [-0.25, -0.2) is 4.79 Å². The Hall–Kier alpha value is -1.78. The van der Waals surface area contributed by atoms with Gasteiger partial charge in [0.1, 0.15) is 5.60 Å². The van der Waals surface area contributed by atoms with Gasteiger partial charge in [0.05, 0.1) is 0 Å². The number of alkyl carbamates (subject to hydrolysis) is 1. The van der Waals surface area contributed by atoms with Crippen LogP contribution in [0.5, 0.6) is 0 Å². The molecule has 0 aliphatic carbocycles. The third kappa shape index (κ3) is 4.40. The number of amides is 1. The van der Waals surface area contributed by atoms with Crippen molar-refractivity contribution in [3.63, 3.8) is 0 Å². The summed E-state index contributed by atoms with van der Waals surface area (Å²) in [4.78, 5) is 18.1. The van der Waals surface area contributed by atoms with Crippen molar-refractivity contribution in [2.75, 3.05) is 18.0 Å². The van der Waals surface area contributed by atoms with Gasteiger partial charge in [-0.2, -0.15) is 0 Å². The van der Waals surface area contributed by atoms with Gasteiger partial charge in [0, 0.05) is 37.2 Å². The number of carbonyl (C=O) groups excluding carboxylic acids is 1. The van der Waals surface area contributed by atoms with E-state index in [0.717, 1.165) is 25.9 Å². The molecule has 1 aromatic heterocycles. The summed E-state index contributed by atoms with van der Waals surface area (Å²) in [5.41, 5.74) is 0.748. The minimum absolute atomic E-state index is 0.197. The first-order valence-electron chi connectivity index (χ1n) is 7.08. The maximum absolute atomic E-state index is 11.7. The summed E-state index contributed by atoms with van der Waals surface area (Å²) in [6.45, 7) is 7.49. The molecule has 0 bridgehead atoms. The number of nitrogens with one attached hydrogen (secondary N) is 1. The normalized spacial score (nSPS) is 16.9. The fourth-order valence-corrected chi connectivity index (χ4v) is 2.31. The van der Waals surface area contributed by atoms with E-state index in [1.807, 2.05) is 32.9 Å². The van der Waals surface area contributed by atoms with Gasteiger partial charge in [-0.3, -0.25) is 4.98 Å². The van der Waals surface area contributed by atoms with Crippen molar-refractivity contribution in [3.05, 3.63) is 24.5 Å². The molecule has 1 aliphatic heterocycles. The van der Waals surface area contributed by atoms with E-state index in [1.165, 1.54) is 5.69 Å². The zero-order valence-corrected chi connectivity index (χ0v) is 12.4. The first-order valence-corrected chi connectivity index (χ1v) is 7.08. The van der Waals surface area contributed by atoms with Gasteiger partial charge >= 0.3 is 6.09 Å². The highest BCUT2D eigenvalue weighted by Gasteiger charge is 2.23. The van der Waals surface area contributed by atoms with Gasteiger partial charge in [-0.05, 0) is 45.7 Å². The summed E-state index contributed by atoms with van der Waals surface area (Å²) in [7, 11) is 0. The van der Waals surface area contributed by atoms with Gasteiger partial charge in [0.25, 0.3) is 0 Å². The van der Waals surface area contributed by atoms with E-state index in [1.54, 1.807) is 12.4 Å². The third-order valence-corrected chi connectivity index (χ3v) is 3.24. The number of carbonyl (C=O) groups is 1. The minimum atomic E-state index is -0.443. The minimum Gasteiger partial charge on any atom is -0.444 e. The molecule has 0 saturated carbocycles. The van der Waals surface area contributed by atoms with Crippen LogP contribution in [0.4, 0.5) is 10.5 Å². The summed E-state index contributed by atoms with van der Waals surface area (Å²) >= 11 is 0. The summed E-state index contributed by atoms with van der Waals surface area (Å²) in [6.07, 6.45) is 5.16. The van der Waals surface area contributed by atoms with Gasteiger partial charge in [-0.1, -0.05) is 0 Å². The molecule has 2 heterocycles. The fourth-order valence-electron chi connectivity index (χ4n) is 2.31.